The predicted octanol–water partition coefficient (Wildman–Crippen LogP) is 4.51. The maximum Gasteiger partial charge on any atom is 0.307 e. The molecule has 2 aromatic rings. The first-order chi connectivity index (χ1) is 13.6. The molecule has 28 heavy (non-hydrogen) atoms. The topological polar surface area (TPSA) is 49.8 Å². The van der Waals surface area contributed by atoms with Crippen LogP contribution >= 0.6 is 0 Å². The average Bonchev–Trinajstić information content (AvgIpc) is 3.46. The number of rotatable bonds is 5. The van der Waals surface area contributed by atoms with Crippen LogP contribution in [0.25, 0.3) is 0 Å². The van der Waals surface area contributed by atoms with Gasteiger partial charge in [-0.2, -0.15) is 0 Å². The van der Waals surface area contributed by atoms with Gasteiger partial charge in [-0.3, -0.25) is 4.79 Å². The van der Waals surface area contributed by atoms with E-state index in [1.807, 2.05) is 12.1 Å². The molecule has 2 aromatic carbocycles. The monoisotopic (exact) mass is 381 g/mol. The number of ether oxygens (including phenoxy) is 1. The highest BCUT2D eigenvalue weighted by Crippen LogP contribution is 2.48. The summed E-state index contributed by atoms with van der Waals surface area (Å²) in [5.74, 6) is -0.253. The smallest absolute Gasteiger partial charge is 0.307 e. The maximum absolute atomic E-state index is 14.5. The number of aliphatic carboxylic acids is 1. The fraction of sp³-hybridized carbons (Fsp3) is 0.435. The van der Waals surface area contributed by atoms with Crippen molar-refractivity contribution in [3.63, 3.8) is 0 Å². The maximum atomic E-state index is 14.5. The Balaban J connectivity index is 1.33. The summed E-state index contributed by atoms with van der Waals surface area (Å²) in [7, 11) is 0. The van der Waals surface area contributed by atoms with E-state index in [1.54, 1.807) is 6.07 Å². The van der Waals surface area contributed by atoms with E-state index in [9.17, 15) is 9.18 Å². The molecular formula is C23H24FNO3. The molecule has 4 nitrogen and oxygen atoms in total. The van der Waals surface area contributed by atoms with Gasteiger partial charge in [-0.15, -0.1) is 0 Å². The quantitative estimate of drug-likeness (QED) is 0.828. The van der Waals surface area contributed by atoms with Gasteiger partial charge in [0, 0.05) is 19.2 Å². The van der Waals surface area contributed by atoms with E-state index < -0.39 is 5.97 Å². The number of carboxylic acid groups (broad SMARTS) is 1. The highest BCUT2D eigenvalue weighted by molar-refractivity contribution is 5.75. The van der Waals surface area contributed by atoms with Gasteiger partial charge in [-0.1, -0.05) is 18.2 Å². The Morgan fingerprint density at radius 1 is 1.14 bits per heavy atom. The molecule has 1 heterocycles. The Bertz CT molecular complexity index is 924. The van der Waals surface area contributed by atoms with E-state index in [2.05, 4.69) is 17.0 Å². The second-order valence-electron chi connectivity index (χ2n) is 8.27. The fourth-order valence-electron chi connectivity index (χ4n) is 4.33. The van der Waals surface area contributed by atoms with Crippen LogP contribution in [0.5, 0.6) is 5.75 Å². The molecule has 0 radical (unpaired) electrons. The van der Waals surface area contributed by atoms with Crippen molar-refractivity contribution in [1.82, 2.24) is 0 Å². The van der Waals surface area contributed by atoms with E-state index in [0.29, 0.717) is 12.2 Å². The molecule has 0 unspecified atom stereocenters. The Morgan fingerprint density at radius 3 is 2.71 bits per heavy atom. The standard InChI is InChI=1S/C23H24FNO3/c24-21-7-6-18(28-17-2-1-3-17)11-22(21)25-9-8-14-10-15(4-5-16(14)13-25)19-12-20(19)23(26)27/h4-7,10-11,17,19-20H,1-3,8-9,12-13H2,(H,26,27)/t19-,20+/m1/s1. The van der Waals surface area contributed by atoms with Crippen LogP contribution < -0.4 is 9.64 Å². The Hall–Kier alpha value is -2.56. The van der Waals surface area contributed by atoms with Crippen LogP contribution in [0.1, 0.15) is 48.3 Å². The molecule has 0 amide bonds. The molecule has 0 spiro atoms. The van der Waals surface area contributed by atoms with Crippen LogP contribution in [0.2, 0.25) is 0 Å². The van der Waals surface area contributed by atoms with Crippen molar-refractivity contribution in [2.75, 3.05) is 11.4 Å². The number of hydrogen-bond acceptors (Lipinski definition) is 3. The van der Waals surface area contributed by atoms with E-state index in [-0.39, 0.29) is 23.8 Å². The molecule has 0 aromatic heterocycles. The van der Waals surface area contributed by atoms with Crippen LogP contribution in [0.3, 0.4) is 0 Å². The second-order valence-corrected chi connectivity index (χ2v) is 8.27. The summed E-state index contributed by atoms with van der Waals surface area (Å²) in [6.07, 6.45) is 5.21. The molecule has 2 saturated carbocycles. The van der Waals surface area contributed by atoms with Crippen molar-refractivity contribution in [1.29, 1.82) is 0 Å². The van der Waals surface area contributed by atoms with Crippen LogP contribution in [0, 0.1) is 11.7 Å². The minimum Gasteiger partial charge on any atom is -0.490 e. The van der Waals surface area contributed by atoms with Gasteiger partial charge in [0.15, 0.2) is 0 Å². The average molecular weight is 381 g/mol. The SMILES string of the molecule is O=C(O)[C@H]1C[C@@H]1c1ccc2c(c1)CCN(c1cc(OC3CCC3)ccc1F)C2. The molecule has 146 valence electrons. The van der Waals surface area contributed by atoms with Crippen LogP contribution in [0.15, 0.2) is 36.4 Å². The number of hydrogen-bond donors (Lipinski definition) is 1. The van der Waals surface area contributed by atoms with Gasteiger partial charge < -0.3 is 14.7 Å². The van der Waals surface area contributed by atoms with Gasteiger partial charge in [-0.05, 0) is 66.8 Å². The van der Waals surface area contributed by atoms with Crippen molar-refractivity contribution >= 4 is 11.7 Å². The summed E-state index contributed by atoms with van der Waals surface area (Å²) in [6, 6.07) is 11.3. The van der Waals surface area contributed by atoms with Crippen molar-refractivity contribution < 1.29 is 19.0 Å². The third-order valence-electron chi connectivity index (χ3n) is 6.39. The van der Waals surface area contributed by atoms with Gasteiger partial charge in [0.1, 0.15) is 11.6 Å². The summed E-state index contributed by atoms with van der Waals surface area (Å²) < 4.78 is 20.5. The molecule has 1 aliphatic heterocycles. The van der Waals surface area contributed by atoms with E-state index in [4.69, 9.17) is 9.84 Å². The van der Waals surface area contributed by atoms with Gasteiger partial charge in [-0.25, -0.2) is 4.39 Å². The molecule has 2 fully saturated rings. The predicted molar refractivity (Wildman–Crippen MR) is 104 cm³/mol. The highest BCUT2D eigenvalue weighted by Gasteiger charge is 2.44. The molecule has 0 bridgehead atoms. The number of halogens is 1. The summed E-state index contributed by atoms with van der Waals surface area (Å²) in [5, 5.41) is 9.15. The first-order valence-corrected chi connectivity index (χ1v) is 10.1. The van der Waals surface area contributed by atoms with Crippen molar-refractivity contribution in [2.24, 2.45) is 5.92 Å². The molecule has 1 N–H and O–H groups in total. The van der Waals surface area contributed by atoms with Gasteiger partial charge >= 0.3 is 5.97 Å². The molecule has 0 saturated heterocycles. The fourth-order valence-corrected chi connectivity index (χ4v) is 4.33. The minimum atomic E-state index is -0.701. The normalized spacial score (nSPS) is 23.7. The zero-order valence-corrected chi connectivity index (χ0v) is 15.7. The van der Waals surface area contributed by atoms with E-state index >= 15 is 0 Å². The summed E-state index contributed by atoms with van der Waals surface area (Å²) in [5.41, 5.74) is 4.17. The number of anilines is 1. The number of carbonyl (C=O) groups is 1. The lowest BCUT2D eigenvalue weighted by Crippen LogP contribution is -2.31. The molecular weight excluding hydrogens is 357 g/mol. The van der Waals surface area contributed by atoms with Gasteiger partial charge in [0.2, 0.25) is 0 Å². The van der Waals surface area contributed by atoms with E-state index in [1.165, 1.54) is 23.6 Å². The number of fused-ring (bicyclic) bond motifs is 1. The van der Waals surface area contributed by atoms with E-state index in [0.717, 1.165) is 43.5 Å². The first-order valence-electron chi connectivity index (χ1n) is 10.1. The lowest BCUT2D eigenvalue weighted by Gasteiger charge is -2.32. The molecule has 5 rings (SSSR count). The summed E-state index contributed by atoms with van der Waals surface area (Å²) >= 11 is 0. The summed E-state index contributed by atoms with van der Waals surface area (Å²) in [4.78, 5) is 13.2. The Kier molecular flexibility index (Phi) is 4.26. The largest absolute Gasteiger partial charge is 0.490 e. The van der Waals surface area contributed by atoms with Crippen molar-refractivity contribution in [2.45, 2.75) is 50.7 Å². The zero-order chi connectivity index (χ0) is 19.3. The lowest BCUT2D eigenvalue weighted by atomic mass is 9.95. The highest BCUT2D eigenvalue weighted by atomic mass is 19.1. The van der Waals surface area contributed by atoms with Crippen LogP contribution in [-0.2, 0) is 17.8 Å². The van der Waals surface area contributed by atoms with Gasteiger partial charge in [0.05, 0.1) is 17.7 Å². The molecule has 5 heteroatoms. The molecule has 3 aliphatic rings. The number of nitrogens with zero attached hydrogens (tertiary/aromatic N) is 1. The van der Waals surface area contributed by atoms with Crippen molar-refractivity contribution in [3.05, 3.63) is 58.9 Å². The molecule has 2 aliphatic carbocycles. The number of carboxylic acids is 1. The Labute approximate surface area is 163 Å². The lowest BCUT2D eigenvalue weighted by molar-refractivity contribution is -0.138. The van der Waals surface area contributed by atoms with Gasteiger partial charge in [0.25, 0.3) is 0 Å². The number of benzene rings is 2. The third kappa shape index (κ3) is 3.23. The second kappa shape index (κ2) is 6.80. The first kappa shape index (κ1) is 17.5. The Morgan fingerprint density at radius 2 is 2.00 bits per heavy atom. The van der Waals surface area contributed by atoms with Crippen molar-refractivity contribution in [3.8, 4) is 5.75 Å². The molecule has 2 atom stereocenters. The zero-order valence-electron chi connectivity index (χ0n) is 15.7. The third-order valence-corrected chi connectivity index (χ3v) is 6.39. The van der Waals surface area contributed by atoms with Crippen LogP contribution in [-0.4, -0.2) is 23.7 Å². The minimum absolute atomic E-state index is 0.151. The summed E-state index contributed by atoms with van der Waals surface area (Å²) in [6.45, 7) is 1.40. The van der Waals surface area contributed by atoms with Crippen LogP contribution in [0.4, 0.5) is 10.1 Å².